The van der Waals surface area contributed by atoms with Crippen molar-refractivity contribution in [1.29, 1.82) is 0 Å². The van der Waals surface area contributed by atoms with Crippen molar-refractivity contribution in [3.63, 3.8) is 0 Å². The number of urea groups is 1. The molecule has 0 spiro atoms. The Bertz CT molecular complexity index is 571. The van der Waals surface area contributed by atoms with Crippen molar-refractivity contribution in [3.8, 4) is 0 Å². The number of aromatic amines is 1. The molecule has 1 atom stereocenters. The minimum Gasteiger partial charge on any atom is -0.347 e. The van der Waals surface area contributed by atoms with E-state index in [4.69, 9.17) is 0 Å². The number of nitrogens with zero attached hydrogens (tertiary/aromatic N) is 1. The molecule has 7 heteroatoms. The molecule has 3 N–H and O–H groups in total. The lowest BCUT2D eigenvalue weighted by atomic mass is 10.3. The highest BCUT2D eigenvalue weighted by molar-refractivity contribution is 5.89. The smallest absolute Gasteiger partial charge is 0.319 e. The van der Waals surface area contributed by atoms with Gasteiger partial charge in [-0.05, 0) is 19.1 Å². The molecule has 1 aromatic carbocycles. The molecule has 0 radical (unpaired) electrons. The Hall–Kier alpha value is -2.44. The Kier molecular flexibility index (Phi) is 3.74. The number of halogens is 2. The molecule has 0 saturated heterocycles. The molecule has 2 amide bonds. The van der Waals surface area contributed by atoms with E-state index >= 15 is 0 Å². The maximum absolute atomic E-state index is 13.3. The first kappa shape index (κ1) is 13.0. The van der Waals surface area contributed by atoms with E-state index in [-0.39, 0.29) is 11.7 Å². The average molecular weight is 266 g/mol. The van der Waals surface area contributed by atoms with Crippen LogP contribution in [0.4, 0.5) is 19.3 Å². The number of hydrogen-bond donors (Lipinski definition) is 3. The van der Waals surface area contributed by atoms with Crippen molar-refractivity contribution in [3.05, 3.63) is 48.1 Å². The molecule has 19 heavy (non-hydrogen) atoms. The van der Waals surface area contributed by atoms with Gasteiger partial charge in [-0.3, -0.25) is 0 Å². The van der Waals surface area contributed by atoms with Crippen molar-refractivity contribution in [1.82, 2.24) is 15.3 Å². The summed E-state index contributed by atoms with van der Waals surface area (Å²) in [6.45, 7) is 1.72. The number of hydrogen-bond acceptors (Lipinski definition) is 2. The Morgan fingerprint density at radius 1 is 1.42 bits per heavy atom. The zero-order valence-electron chi connectivity index (χ0n) is 10.1. The molecule has 0 aliphatic heterocycles. The second kappa shape index (κ2) is 5.47. The molecule has 0 unspecified atom stereocenters. The zero-order chi connectivity index (χ0) is 13.8. The third-order valence-electron chi connectivity index (χ3n) is 2.46. The molecule has 2 aromatic rings. The minimum absolute atomic E-state index is 0.0921. The van der Waals surface area contributed by atoms with Gasteiger partial charge in [-0.1, -0.05) is 0 Å². The molecule has 2 rings (SSSR count). The van der Waals surface area contributed by atoms with Crippen molar-refractivity contribution in [2.45, 2.75) is 13.0 Å². The van der Waals surface area contributed by atoms with Crippen LogP contribution in [0.2, 0.25) is 0 Å². The van der Waals surface area contributed by atoms with Gasteiger partial charge in [-0.2, -0.15) is 0 Å². The highest BCUT2D eigenvalue weighted by Gasteiger charge is 2.13. The van der Waals surface area contributed by atoms with Crippen molar-refractivity contribution in [2.24, 2.45) is 0 Å². The number of H-pyrrole nitrogens is 1. The topological polar surface area (TPSA) is 69.8 Å². The monoisotopic (exact) mass is 266 g/mol. The van der Waals surface area contributed by atoms with Crippen LogP contribution in [0, 0.1) is 11.6 Å². The maximum Gasteiger partial charge on any atom is 0.319 e. The lowest BCUT2D eigenvalue weighted by molar-refractivity contribution is 0.249. The summed E-state index contributed by atoms with van der Waals surface area (Å²) < 4.78 is 26.0. The summed E-state index contributed by atoms with van der Waals surface area (Å²) in [7, 11) is 0. The third-order valence-corrected chi connectivity index (χ3v) is 2.46. The maximum atomic E-state index is 13.3. The second-order valence-electron chi connectivity index (χ2n) is 3.92. The van der Waals surface area contributed by atoms with Gasteiger partial charge < -0.3 is 15.6 Å². The Morgan fingerprint density at radius 3 is 2.84 bits per heavy atom. The van der Waals surface area contributed by atoms with Gasteiger partial charge in [-0.25, -0.2) is 18.6 Å². The van der Waals surface area contributed by atoms with E-state index in [1.807, 2.05) is 0 Å². The molecule has 0 bridgehead atoms. The van der Waals surface area contributed by atoms with E-state index in [1.54, 1.807) is 19.3 Å². The number of benzene rings is 1. The van der Waals surface area contributed by atoms with Crippen LogP contribution in [0.3, 0.4) is 0 Å². The molecule has 0 aliphatic rings. The van der Waals surface area contributed by atoms with Gasteiger partial charge in [0.15, 0.2) is 0 Å². The largest absolute Gasteiger partial charge is 0.347 e. The first-order valence-corrected chi connectivity index (χ1v) is 5.58. The van der Waals surface area contributed by atoms with Crippen molar-refractivity contribution in [2.75, 3.05) is 5.32 Å². The molecular formula is C12H12F2N4O. The van der Waals surface area contributed by atoms with E-state index in [1.165, 1.54) is 0 Å². The highest BCUT2D eigenvalue weighted by atomic mass is 19.1. The number of carbonyl (C=O) groups excluding carboxylic acids is 1. The summed E-state index contributed by atoms with van der Waals surface area (Å²) in [6.07, 6.45) is 3.19. The second-order valence-corrected chi connectivity index (χ2v) is 3.92. The SMILES string of the molecule is C[C@@H](NC(=O)Nc1ccc(F)cc1F)c1ncc[nH]1. The standard InChI is InChI=1S/C12H12F2N4O/c1-7(11-15-4-5-16-11)17-12(19)18-10-3-2-8(13)6-9(10)14/h2-7H,1H3,(H,15,16)(H2,17,18,19)/t7-/m1/s1. The van der Waals surface area contributed by atoms with E-state index < -0.39 is 17.7 Å². The quantitative estimate of drug-likeness (QED) is 0.799. The lowest BCUT2D eigenvalue weighted by Gasteiger charge is -2.13. The molecule has 1 aromatic heterocycles. The predicted molar refractivity (Wildman–Crippen MR) is 65.5 cm³/mol. The van der Waals surface area contributed by atoms with Gasteiger partial charge >= 0.3 is 6.03 Å². The Balaban J connectivity index is 1.98. The summed E-state index contributed by atoms with van der Waals surface area (Å²) in [4.78, 5) is 18.5. The first-order valence-electron chi connectivity index (χ1n) is 5.58. The van der Waals surface area contributed by atoms with Gasteiger partial charge in [0, 0.05) is 18.5 Å². The van der Waals surface area contributed by atoms with Crippen LogP contribution >= 0.6 is 0 Å². The summed E-state index contributed by atoms with van der Waals surface area (Å²) in [5.41, 5.74) is -0.0921. The molecule has 1 heterocycles. The van der Waals surface area contributed by atoms with Gasteiger partial charge in [0.1, 0.15) is 17.5 Å². The molecular weight excluding hydrogens is 254 g/mol. The highest BCUT2D eigenvalue weighted by Crippen LogP contribution is 2.15. The third kappa shape index (κ3) is 3.27. The van der Waals surface area contributed by atoms with Crippen LogP contribution in [0.25, 0.3) is 0 Å². The number of nitrogens with one attached hydrogen (secondary N) is 3. The van der Waals surface area contributed by atoms with Crippen LogP contribution in [0.15, 0.2) is 30.6 Å². The number of rotatable bonds is 3. The molecule has 0 saturated carbocycles. The predicted octanol–water partition coefficient (Wildman–Crippen LogP) is 2.57. The minimum atomic E-state index is -0.833. The number of imidazole rings is 1. The molecule has 0 aliphatic carbocycles. The van der Waals surface area contributed by atoms with Crippen LogP contribution in [0.1, 0.15) is 18.8 Å². The lowest BCUT2D eigenvalue weighted by Crippen LogP contribution is -2.32. The van der Waals surface area contributed by atoms with E-state index in [0.29, 0.717) is 11.9 Å². The zero-order valence-corrected chi connectivity index (χ0v) is 10.1. The molecule has 5 nitrogen and oxygen atoms in total. The van der Waals surface area contributed by atoms with Crippen LogP contribution in [-0.4, -0.2) is 16.0 Å². The van der Waals surface area contributed by atoms with Crippen molar-refractivity contribution < 1.29 is 13.6 Å². The van der Waals surface area contributed by atoms with Crippen molar-refractivity contribution >= 4 is 11.7 Å². The van der Waals surface area contributed by atoms with Crippen LogP contribution in [0.5, 0.6) is 0 Å². The van der Waals surface area contributed by atoms with E-state index in [2.05, 4.69) is 20.6 Å². The van der Waals surface area contributed by atoms with Crippen LogP contribution in [-0.2, 0) is 0 Å². The van der Waals surface area contributed by atoms with Gasteiger partial charge in [-0.15, -0.1) is 0 Å². The number of anilines is 1. The van der Waals surface area contributed by atoms with Gasteiger partial charge in [0.25, 0.3) is 0 Å². The van der Waals surface area contributed by atoms with E-state index in [9.17, 15) is 13.6 Å². The Labute approximate surface area is 108 Å². The average Bonchev–Trinajstić information content (AvgIpc) is 2.86. The van der Waals surface area contributed by atoms with Crippen LogP contribution < -0.4 is 10.6 Å². The summed E-state index contributed by atoms with van der Waals surface area (Å²) in [5, 5.41) is 4.87. The van der Waals surface area contributed by atoms with Gasteiger partial charge in [0.2, 0.25) is 0 Å². The fraction of sp³-hybridized carbons (Fsp3) is 0.167. The summed E-state index contributed by atoms with van der Waals surface area (Å²) in [6, 6.07) is 1.95. The summed E-state index contributed by atoms with van der Waals surface area (Å²) in [5.74, 6) is -0.956. The fourth-order valence-electron chi connectivity index (χ4n) is 1.53. The first-order chi connectivity index (χ1) is 9.06. The van der Waals surface area contributed by atoms with E-state index in [0.717, 1.165) is 12.1 Å². The number of aromatic nitrogens is 2. The molecule has 0 fully saturated rings. The molecule has 100 valence electrons. The number of amides is 2. The normalized spacial score (nSPS) is 11.9. The Morgan fingerprint density at radius 2 is 2.21 bits per heavy atom. The summed E-state index contributed by atoms with van der Waals surface area (Å²) >= 11 is 0. The van der Waals surface area contributed by atoms with Gasteiger partial charge in [0.05, 0.1) is 11.7 Å². The number of carbonyl (C=O) groups is 1. The fourth-order valence-corrected chi connectivity index (χ4v) is 1.53.